The first-order valence-corrected chi connectivity index (χ1v) is 9.73. The highest BCUT2D eigenvalue weighted by atomic mass is 32.2. The van der Waals surface area contributed by atoms with Crippen molar-refractivity contribution in [1.82, 2.24) is 20.2 Å². The first kappa shape index (κ1) is 16.9. The summed E-state index contributed by atoms with van der Waals surface area (Å²) < 4.78 is 31.3. The first-order chi connectivity index (χ1) is 12.9. The lowest BCUT2D eigenvalue weighted by Gasteiger charge is -2.07. The summed E-state index contributed by atoms with van der Waals surface area (Å²) in [5.41, 5.74) is 8.31. The molecule has 2 aromatic carbocycles. The van der Waals surface area contributed by atoms with Crippen LogP contribution in [0.1, 0.15) is 0 Å². The summed E-state index contributed by atoms with van der Waals surface area (Å²) in [5, 5.41) is 7.99. The van der Waals surface area contributed by atoms with Gasteiger partial charge in [-0.3, -0.25) is 4.72 Å². The maximum absolute atomic E-state index is 11.6. The number of sulfonamides is 1. The van der Waals surface area contributed by atoms with E-state index >= 15 is 0 Å². The van der Waals surface area contributed by atoms with Gasteiger partial charge in [0.15, 0.2) is 11.5 Å². The zero-order chi connectivity index (χ0) is 19.0. The number of hydrogen-bond acceptors (Lipinski definition) is 8. The summed E-state index contributed by atoms with van der Waals surface area (Å²) >= 11 is 0. The van der Waals surface area contributed by atoms with E-state index in [0.717, 1.165) is 6.26 Å². The quantitative estimate of drug-likeness (QED) is 0.548. The number of nitrogens with two attached hydrogens (primary N) is 1. The van der Waals surface area contributed by atoms with Crippen molar-refractivity contribution in [2.45, 2.75) is 0 Å². The summed E-state index contributed by atoms with van der Waals surface area (Å²) in [7, 11) is -3.47. The number of benzene rings is 2. The van der Waals surface area contributed by atoms with Crippen LogP contribution in [-0.4, -0.2) is 34.8 Å². The van der Waals surface area contributed by atoms with Gasteiger partial charge in [-0.05, 0) is 24.3 Å². The Morgan fingerprint density at radius 3 is 2.30 bits per heavy atom. The summed E-state index contributed by atoms with van der Waals surface area (Å²) in [4.78, 5) is 8.73. The molecule has 3 N–H and O–H groups in total. The number of nitrogens with zero attached hydrogens (tertiary/aromatic N) is 4. The number of rotatable bonds is 4. The Morgan fingerprint density at radius 2 is 1.56 bits per heavy atom. The highest BCUT2D eigenvalue weighted by molar-refractivity contribution is 7.92. The van der Waals surface area contributed by atoms with Crippen molar-refractivity contribution < 1.29 is 12.8 Å². The van der Waals surface area contributed by atoms with Gasteiger partial charge in [-0.25, -0.2) is 18.4 Å². The van der Waals surface area contributed by atoms with Crippen molar-refractivity contribution in [2.75, 3.05) is 16.7 Å². The molecule has 4 rings (SSSR count). The second-order valence-corrected chi connectivity index (χ2v) is 7.53. The Morgan fingerprint density at radius 1 is 0.926 bits per heavy atom. The lowest BCUT2D eigenvalue weighted by atomic mass is 10.2. The van der Waals surface area contributed by atoms with Crippen LogP contribution in [0.15, 0.2) is 52.9 Å². The molecule has 9 nitrogen and oxygen atoms in total. The molecule has 0 aliphatic carbocycles. The third-order valence-electron chi connectivity index (χ3n) is 3.68. The maximum atomic E-state index is 11.6. The van der Waals surface area contributed by atoms with E-state index in [-0.39, 0.29) is 23.3 Å². The number of aromatic nitrogens is 4. The Labute approximate surface area is 154 Å². The molecule has 10 heteroatoms. The van der Waals surface area contributed by atoms with Gasteiger partial charge in [0.25, 0.3) is 5.89 Å². The minimum atomic E-state index is -3.47. The van der Waals surface area contributed by atoms with Gasteiger partial charge >= 0.3 is 0 Å². The fourth-order valence-electron chi connectivity index (χ4n) is 2.56. The van der Waals surface area contributed by atoms with E-state index in [9.17, 15) is 8.42 Å². The van der Waals surface area contributed by atoms with Crippen LogP contribution < -0.4 is 10.5 Å². The van der Waals surface area contributed by atoms with E-state index in [2.05, 4.69) is 24.9 Å². The van der Waals surface area contributed by atoms with Gasteiger partial charge in [-0.1, -0.05) is 24.3 Å². The number of nitrogens with one attached hydrogen (secondary N) is 1. The highest BCUT2D eigenvalue weighted by Gasteiger charge is 2.18. The molecule has 2 heterocycles. The third-order valence-corrected chi connectivity index (χ3v) is 4.27. The summed E-state index contributed by atoms with van der Waals surface area (Å²) in [6.45, 7) is 0. The first-order valence-electron chi connectivity index (χ1n) is 7.84. The van der Waals surface area contributed by atoms with E-state index in [1.54, 1.807) is 36.4 Å². The van der Waals surface area contributed by atoms with Crippen LogP contribution in [0.3, 0.4) is 0 Å². The van der Waals surface area contributed by atoms with E-state index in [0.29, 0.717) is 22.3 Å². The van der Waals surface area contributed by atoms with Crippen molar-refractivity contribution in [3.63, 3.8) is 0 Å². The number of anilines is 2. The Bertz CT molecular complexity index is 1250. The molecule has 0 aliphatic heterocycles. The van der Waals surface area contributed by atoms with Crippen molar-refractivity contribution in [3.05, 3.63) is 48.5 Å². The molecule has 0 saturated heterocycles. The fraction of sp³-hybridized carbons (Fsp3) is 0.0588. The van der Waals surface area contributed by atoms with E-state index in [1.807, 2.05) is 12.1 Å². The molecule has 2 aromatic heterocycles. The van der Waals surface area contributed by atoms with Gasteiger partial charge in [0.2, 0.25) is 15.9 Å². The second kappa shape index (κ2) is 6.32. The van der Waals surface area contributed by atoms with Crippen molar-refractivity contribution in [2.24, 2.45) is 0 Å². The maximum Gasteiger partial charge on any atom is 0.270 e. The van der Waals surface area contributed by atoms with Gasteiger partial charge in [0.05, 0.1) is 28.5 Å². The van der Waals surface area contributed by atoms with Crippen LogP contribution in [0.2, 0.25) is 0 Å². The van der Waals surface area contributed by atoms with Gasteiger partial charge in [-0.2, -0.15) is 0 Å². The Kier molecular flexibility index (Phi) is 3.96. The molecule has 27 heavy (non-hydrogen) atoms. The molecular weight excluding hydrogens is 368 g/mol. The van der Waals surface area contributed by atoms with Crippen LogP contribution in [-0.2, 0) is 10.0 Å². The average molecular weight is 382 g/mol. The molecular formula is C17H14N6O3S. The third kappa shape index (κ3) is 3.42. The van der Waals surface area contributed by atoms with Gasteiger partial charge in [0.1, 0.15) is 0 Å². The highest BCUT2D eigenvalue weighted by Crippen LogP contribution is 2.31. The van der Waals surface area contributed by atoms with Gasteiger partial charge < -0.3 is 10.2 Å². The van der Waals surface area contributed by atoms with Crippen molar-refractivity contribution >= 4 is 32.6 Å². The number of para-hydroxylation sites is 3. The molecule has 0 saturated carbocycles. The summed E-state index contributed by atoms with van der Waals surface area (Å²) in [6, 6.07) is 14.0. The largest absolute Gasteiger partial charge is 0.414 e. The van der Waals surface area contributed by atoms with Crippen LogP contribution in [0.4, 0.5) is 11.5 Å². The minimum absolute atomic E-state index is 0.0925. The number of fused-ring (bicyclic) bond motifs is 1. The molecule has 0 aliphatic rings. The summed E-state index contributed by atoms with van der Waals surface area (Å²) in [6.07, 6.45) is 1.06. The van der Waals surface area contributed by atoms with E-state index in [1.165, 1.54) is 0 Å². The molecule has 0 bridgehead atoms. The predicted octanol–water partition coefficient (Wildman–Crippen LogP) is 2.30. The van der Waals surface area contributed by atoms with Crippen LogP contribution in [0, 0.1) is 0 Å². The van der Waals surface area contributed by atoms with Gasteiger partial charge in [-0.15, -0.1) is 10.2 Å². The molecule has 0 atom stereocenters. The Balaban J connectivity index is 1.78. The second-order valence-electron chi connectivity index (χ2n) is 5.78. The molecule has 0 amide bonds. The molecule has 0 spiro atoms. The smallest absolute Gasteiger partial charge is 0.270 e. The number of hydrogen-bond donors (Lipinski definition) is 2. The summed E-state index contributed by atoms with van der Waals surface area (Å²) in [5.74, 6) is 0.382. The minimum Gasteiger partial charge on any atom is -0.414 e. The van der Waals surface area contributed by atoms with Crippen molar-refractivity contribution in [1.29, 1.82) is 0 Å². The molecule has 4 aromatic rings. The fourth-order valence-corrected chi connectivity index (χ4v) is 3.13. The normalized spacial score (nSPS) is 11.6. The molecule has 0 fully saturated rings. The lowest BCUT2D eigenvalue weighted by Crippen LogP contribution is -2.10. The zero-order valence-corrected chi connectivity index (χ0v) is 14.9. The standard InChI is InChI=1S/C17H14N6O3S/c1-27(24,25)23-11-7-3-2-6-10(11)16-21-22-17(26-16)14-15(18)20-13-9-5-4-8-12(13)19-14/h2-9,23H,1H3,(H2,18,20). The number of nitrogen functional groups attached to an aromatic ring is 1. The van der Waals surface area contributed by atoms with Crippen LogP contribution in [0.5, 0.6) is 0 Å². The van der Waals surface area contributed by atoms with Crippen LogP contribution >= 0.6 is 0 Å². The molecule has 0 unspecified atom stereocenters. The van der Waals surface area contributed by atoms with Crippen molar-refractivity contribution in [3.8, 4) is 23.0 Å². The van der Waals surface area contributed by atoms with Crippen LogP contribution in [0.25, 0.3) is 34.1 Å². The van der Waals surface area contributed by atoms with E-state index < -0.39 is 10.0 Å². The topological polar surface area (TPSA) is 137 Å². The van der Waals surface area contributed by atoms with Gasteiger partial charge in [0, 0.05) is 0 Å². The SMILES string of the molecule is CS(=O)(=O)Nc1ccccc1-c1nnc(-c2nc3ccccc3nc2N)o1. The monoisotopic (exact) mass is 382 g/mol. The lowest BCUT2D eigenvalue weighted by molar-refractivity contribution is 0.582. The molecule has 0 radical (unpaired) electrons. The predicted molar refractivity (Wildman–Crippen MR) is 101 cm³/mol. The van der Waals surface area contributed by atoms with E-state index in [4.69, 9.17) is 10.2 Å². The molecule has 136 valence electrons. The average Bonchev–Trinajstić information content (AvgIpc) is 3.10. The Hall–Kier alpha value is -3.53. The zero-order valence-electron chi connectivity index (χ0n) is 14.1.